The third kappa shape index (κ3) is 12.1. The number of hydrogen-bond donors (Lipinski definition) is 2. The molecular weight excluding hydrogens is 594 g/mol. The highest BCUT2D eigenvalue weighted by Gasteiger charge is 2.45. The van der Waals surface area contributed by atoms with Gasteiger partial charge in [0.05, 0.1) is 103 Å². The first kappa shape index (κ1) is 36.0. The molecule has 1 atom stereocenters. The number of esters is 1. The molecule has 45 heavy (non-hydrogen) atoms. The summed E-state index contributed by atoms with van der Waals surface area (Å²) >= 11 is 0. The Balaban J connectivity index is 1.13. The van der Waals surface area contributed by atoms with E-state index in [4.69, 9.17) is 33.2 Å². The van der Waals surface area contributed by atoms with Crippen molar-refractivity contribution in [1.29, 1.82) is 0 Å². The van der Waals surface area contributed by atoms with Crippen LogP contribution in [0.25, 0.3) is 0 Å². The Bertz CT molecular complexity index is 1130. The number of carbonyl (C=O) groups is 5. The minimum atomic E-state index is -1.01. The lowest BCUT2D eigenvalue weighted by molar-refractivity contribution is -0.144. The van der Waals surface area contributed by atoms with E-state index in [1.54, 1.807) is 25.1 Å². The van der Waals surface area contributed by atoms with Gasteiger partial charge in [0, 0.05) is 18.7 Å². The second kappa shape index (κ2) is 20.5. The van der Waals surface area contributed by atoms with Crippen molar-refractivity contribution in [2.24, 2.45) is 0 Å². The first-order valence-electron chi connectivity index (χ1n) is 15.1. The minimum Gasteiger partial charge on any atom is -0.466 e. The SMILES string of the molecule is CCOC(=O)CCOCCOCCOCCOCCOCCOCCNc1cccc2c1C(=O)N(C1CCC(=O)NC1=O)C2=O. The molecule has 0 spiro atoms. The van der Waals surface area contributed by atoms with Gasteiger partial charge in [0.2, 0.25) is 11.8 Å². The maximum atomic E-state index is 13.1. The first-order chi connectivity index (χ1) is 21.9. The Morgan fingerprint density at radius 2 is 1.36 bits per heavy atom. The van der Waals surface area contributed by atoms with Crippen molar-refractivity contribution in [3.8, 4) is 0 Å². The number of nitrogens with zero attached hydrogens (tertiary/aromatic N) is 1. The van der Waals surface area contributed by atoms with Gasteiger partial charge in [-0.1, -0.05) is 6.07 Å². The zero-order chi connectivity index (χ0) is 32.3. The number of piperidine rings is 1. The van der Waals surface area contributed by atoms with Crippen molar-refractivity contribution < 1.29 is 57.1 Å². The predicted molar refractivity (Wildman–Crippen MR) is 158 cm³/mol. The number of anilines is 1. The second-order valence-electron chi connectivity index (χ2n) is 9.83. The fraction of sp³-hybridized carbons (Fsp3) is 0.633. The fourth-order valence-electron chi connectivity index (χ4n) is 4.51. The topological polar surface area (TPSA) is 177 Å². The van der Waals surface area contributed by atoms with Crippen LogP contribution in [0.3, 0.4) is 0 Å². The summed E-state index contributed by atoms with van der Waals surface area (Å²) in [6.07, 6.45) is 0.404. The number of rotatable bonds is 24. The van der Waals surface area contributed by atoms with Crippen LogP contribution in [0.4, 0.5) is 5.69 Å². The zero-order valence-corrected chi connectivity index (χ0v) is 25.7. The van der Waals surface area contributed by atoms with Crippen LogP contribution in [-0.4, -0.2) is 133 Å². The van der Waals surface area contributed by atoms with E-state index in [2.05, 4.69) is 10.6 Å². The van der Waals surface area contributed by atoms with Gasteiger partial charge in [-0.3, -0.25) is 34.2 Å². The molecule has 15 nitrogen and oxygen atoms in total. The lowest BCUT2D eigenvalue weighted by atomic mass is 10.0. The summed E-state index contributed by atoms with van der Waals surface area (Å²) in [5, 5.41) is 5.31. The highest BCUT2D eigenvalue weighted by Crippen LogP contribution is 2.32. The van der Waals surface area contributed by atoms with E-state index in [-0.39, 0.29) is 36.4 Å². The quantitative estimate of drug-likeness (QED) is 0.0914. The number of amides is 4. The van der Waals surface area contributed by atoms with Gasteiger partial charge < -0.3 is 38.5 Å². The van der Waals surface area contributed by atoms with Crippen molar-refractivity contribution in [3.63, 3.8) is 0 Å². The van der Waals surface area contributed by atoms with Gasteiger partial charge in [-0.25, -0.2) is 0 Å². The molecule has 2 aliphatic rings. The van der Waals surface area contributed by atoms with Crippen LogP contribution < -0.4 is 10.6 Å². The molecule has 15 heteroatoms. The summed E-state index contributed by atoms with van der Waals surface area (Å²) in [5.74, 6) is -2.44. The number of benzene rings is 1. The molecule has 1 unspecified atom stereocenters. The Labute approximate surface area is 262 Å². The van der Waals surface area contributed by atoms with Crippen molar-refractivity contribution in [1.82, 2.24) is 10.2 Å². The van der Waals surface area contributed by atoms with Crippen LogP contribution in [0.5, 0.6) is 0 Å². The molecule has 0 aliphatic carbocycles. The fourth-order valence-corrected chi connectivity index (χ4v) is 4.51. The molecule has 2 N–H and O–H groups in total. The molecule has 3 rings (SSSR count). The van der Waals surface area contributed by atoms with Gasteiger partial charge >= 0.3 is 5.97 Å². The summed E-state index contributed by atoms with van der Waals surface area (Å²) in [4.78, 5) is 61.9. The summed E-state index contributed by atoms with van der Waals surface area (Å²) in [6, 6.07) is 3.89. The van der Waals surface area contributed by atoms with Crippen molar-refractivity contribution in [2.75, 3.05) is 97.8 Å². The molecule has 1 saturated heterocycles. The van der Waals surface area contributed by atoms with E-state index in [9.17, 15) is 24.0 Å². The first-order valence-corrected chi connectivity index (χ1v) is 15.1. The number of nitrogens with one attached hydrogen (secondary N) is 2. The zero-order valence-electron chi connectivity index (χ0n) is 25.7. The molecule has 1 aromatic rings. The largest absolute Gasteiger partial charge is 0.466 e. The Morgan fingerprint density at radius 3 is 1.91 bits per heavy atom. The Kier molecular flexibility index (Phi) is 16.4. The molecule has 0 saturated carbocycles. The smallest absolute Gasteiger partial charge is 0.308 e. The van der Waals surface area contributed by atoms with Crippen LogP contribution >= 0.6 is 0 Å². The van der Waals surface area contributed by atoms with Gasteiger partial charge in [0.1, 0.15) is 6.04 Å². The van der Waals surface area contributed by atoms with E-state index >= 15 is 0 Å². The van der Waals surface area contributed by atoms with E-state index in [1.807, 2.05) is 0 Å². The van der Waals surface area contributed by atoms with Crippen LogP contribution in [0, 0.1) is 0 Å². The summed E-state index contributed by atoms with van der Waals surface area (Å²) in [5.41, 5.74) is 0.901. The molecule has 0 radical (unpaired) electrons. The van der Waals surface area contributed by atoms with E-state index in [0.717, 1.165) is 4.90 Å². The maximum absolute atomic E-state index is 13.1. The normalized spacial score (nSPS) is 16.2. The van der Waals surface area contributed by atoms with E-state index in [1.165, 1.54) is 0 Å². The predicted octanol–water partition coefficient (Wildman–Crippen LogP) is 0.553. The van der Waals surface area contributed by atoms with E-state index in [0.29, 0.717) is 98.1 Å². The molecule has 2 aliphatic heterocycles. The van der Waals surface area contributed by atoms with Crippen LogP contribution in [0.2, 0.25) is 0 Å². The standard InChI is InChI=1S/C30H43N3O12/c1-2-45-26(35)8-10-39-12-14-41-16-18-43-20-21-44-19-17-42-15-13-40-11-9-31-23-5-3-4-22-27(23)30(38)33(29(22)37)24-6-7-25(34)32-28(24)36/h3-5,24,31H,2,6-21H2,1H3,(H,32,34,36). The highest BCUT2D eigenvalue weighted by atomic mass is 16.6. The monoisotopic (exact) mass is 637 g/mol. The number of ether oxygens (including phenoxy) is 7. The number of fused-ring (bicyclic) bond motifs is 1. The third-order valence-corrected chi connectivity index (χ3v) is 6.65. The molecule has 0 aromatic heterocycles. The average Bonchev–Trinajstić information content (AvgIpc) is 3.27. The average molecular weight is 638 g/mol. The molecular formula is C30H43N3O12. The molecule has 2 heterocycles. The van der Waals surface area contributed by atoms with Crippen LogP contribution in [0.15, 0.2) is 18.2 Å². The van der Waals surface area contributed by atoms with Gasteiger partial charge in [0.25, 0.3) is 11.8 Å². The van der Waals surface area contributed by atoms with Gasteiger partial charge in [-0.05, 0) is 25.5 Å². The van der Waals surface area contributed by atoms with Crippen LogP contribution in [0.1, 0.15) is 46.9 Å². The lowest BCUT2D eigenvalue weighted by Gasteiger charge is -2.27. The minimum absolute atomic E-state index is 0.0655. The molecule has 250 valence electrons. The molecule has 1 fully saturated rings. The Hall–Kier alpha value is -3.47. The van der Waals surface area contributed by atoms with E-state index < -0.39 is 29.7 Å². The summed E-state index contributed by atoms with van der Waals surface area (Å²) < 4.78 is 37.4. The Morgan fingerprint density at radius 1 is 0.800 bits per heavy atom. The van der Waals surface area contributed by atoms with Crippen molar-refractivity contribution in [2.45, 2.75) is 32.2 Å². The number of imide groups is 2. The van der Waals surface area contributed by atoms with Gasteiger partial charge in [-0.15, -0.1) is 0 Å². The molecule has 0 bridgehead atoms. The summed E-state index contributed by atoms with van der Waals surface area (Å²) in [6.45, 7) is 7.34. The van der Waals surface area contributed by atoms with Crippen molar-refractivity contribution >= 4 is 35.3 Å². The van der Waals surface area contributed by atoms with Crippen molar-refractivity contribution in [3.05, 3.63) is 29.3 Å². The maximum Gasteiger partial charge on any atom is 0.308 e. The lowest BCUT2D eigenvalue weighted by Crippen LogP contribution is -2.54. The highest BCUT2D eigenvalue weighted by molar-refractivity contribution is 6.25. The van der Waals surface area contributed by atoms with Crippen LogP contribution in [-0.2, 0) is 47.5 Å². The summed E-state index contributed by atoms with van der Waals surface area (Å²) in [7, 11) is 0. The molecule has 4 amide bonds. The third-order valence-electron chi connectivity index (χ3n) is 6.65. The van der Waals surface area contributed by atoms with Gasteiger partial charge in [0.15, 0.2) is 0 Å². The number of carbonyl (C=O) groups excluding carboxylic acids is 5. The van der Waals surface area contributed by atoms with Gasteiger partial charge in [-0.2, -0.15) is 0 Å². The molecule has 1 aromatic carbocycles. The number of hydrogen-bond acceptors (Lipinski definition) is 13. The second-order valence-corrected chi connectivity index (χ2v) is 9.83.